The van der Waals surface area contributed by atoms with E-state index in [9.17, 15) is 9.50 Å². The van der Waals surface area contributed by atoms with E-state index < -0.39 is 5.82 Å². The van der Waals surface area contributed by atoms with Gasteiger partial charge in [0.15, 0.2) is 5.82 Å². The molecule has 0 saturated heterocycles. The van der Waals surface area contributed by atoms with E-state index in [2.05, 4.69) is 15.4 Å². The number of halogens is 1. The van der Waals surface area contributed by atoms with Gasteiger partial charge in [0.2, 0.25) is 0 Å². The van der Waals surface area contributed by atoms with Crippen molar-refractivity contribution in [2.75, 3.05) is 5.43 Å². The maximum Gasteiger partial charge on any atom is 0.162 e. The minimum absolute atomic E-state index is 0.149. The van der Waals surface area contributed by atoms with Crippen molar-refractivity contribution in [2.24, 2.45) is 5.84 Å². The van der Waals surface area contributed by atoms with Crippen molar-refractivity contribution >= 4 is 5.82 Å². The number of nitrogens with one attached hydrogen (secondary N) is 1. The predicted octanol–water partition coefficient (Wildman–Crippen LogP) is 2.15. The Labute approximate surface area is 115 Å². The van der Waals surface area contributed by atoms with Gasteiger partial charge in [-0.2, -0.15) is 0 Å². The molecule has 20 heavy (non-hydrogen) atoms. The molecule has 0 bridgehead atoms. The summed E-state index contributed by atoms with van der Waals surface area (Å²) in [6, 6.07) is 3.78. The van der Waals surface area contributed by atoms with E-state index in [1.165, 1.54) is 12.1 Å². The molecule has 1 heterocycles. The summed E-state index contributed by atoms with van der Waals surface area (Å²) in [6.45, 7) is 0. The van der Waals surface area contributed by atoms with Crippen LogP contribution >= 0.6 is 0 Å². The molecule has 0 amide bonds. The van der Waals surface area contributed by atoms with Crippen molar-refractivity contribution < 1.29 is 9.50 Å². The number of hydrazine groups is 1. The van der Waals surface area contributed by atoms with Crippen LogP contribution in [0.15, 0.2) is 18.2 Å². The SMILES string of the molecule is NNc1nc(-c2cc(O)cc(F)c2)nc2c1CCCC2. The van der Waals surface area contributed by atoms with Crippen LogP contribution in [-0.4, -0.2) is 15.1 Å². The number of phenolic OH excluding ortho intramolecular Hbond substituents is 1. The van der Waals surface area contributed by atoms with Gasteiger partial charge in [-0.25, -0.2) is 20.2 Å². The lowest BCUT2D eigenvalue weighted by Gasteiger charge is -2.18. The van der Waals surface area contributed by atoms with E-state index in [-0.39, 0.29) is 5.75 Å². The number of nitrogen functional groups attached to an aromatic ring is 1. The maximum atomic E-state index is 13.4. The molecule has 1 aliphatic carbocycles. The second-order valence-electron chi connectivity index (χ2n) is 4.87. The van der Waals surface area contributed by atoms with Gasteiger partial charge >= 0.3 is 0 Å². The van der Waals surface area contributed by atoms with Crippen LogP contribution in [-0.2, 0) is 12.8 Å². The van der Waals surface area contributed by atoms with Crippen LogP contribution in [0.4, 0.5) is 10.2 Å². The Hall–Kier alpha value is -2.21. The van der Waals surface area contributed by atoms with Crippen LogP contribution in [0, 0.1) is 5.82 Å². The lowest BCUT2D eigenvalue weighted by Crippen LogP contribution is -2.17. The summed E-state index contributed by atoms with van der Waals surface area (Å²) in [6.07, 6.45) is 3.91. The van der Waals surface area contributed by atoms with Gasteiger partial charge < -0.3 is 10.5 Å². The van der Waals surface area contributed by atoms with Crippen LogP contribution in [0.3, 0.4) is 0 Å². The molecule has 0 radical (unpaired) electrons. The van der Waals surface area contributed by atoms with Gasteiger partial charge in [0, 0.05) is 22.9 Å². The molecule has 0 aliphatic heterocycles. The van der Waals surface area contributed by atoms with Crippen molar-refractivity contribution in [2.45, 2.75) is 25.7 Å². The fourth-order valence-corrected chi connectivity index (χ4v) is 2.55. The first kappa shape index (κ1) is 12.8. The average Bonchev–Trinajstić information content (AvgIpc) is 2.45. The summed E-state index contributed by atoms with van der Waals surface area (Å²) >= 11 is 0. The summed E-state index contributed by atoms with van der Waals surface area (Å²) in [5, 5.41) is 9.48. The Morgan fingerprint density at radius 1 is 1.15 bits per heavy atom. The topological polar surface area (TPSA) is 84.1 Å². The van der Waals surface area contributed by atoms with E-state index in [0.29, 0.717) is 17.2 Å². The first-order valence-corrected chi connectivity index (χ1v) is 6.53. The molecule has 0 unspecified atom stereocenters. The van der Waals surface area contributed by atoms with Crippen molar-refractivity contribution in [3.05, 3.63) is 35.3 Å². The molecule has 5 nitrogen and oxygen atoms in total. The Bertz CT molecular complexity index is 622. The zero-order valence-corrected chi connectivity index (χ0v) is 10.9. The van der Waals surface area contributed by atoms with Crippen LogP contribution in [0.2, 0.25) is 0 Å². The highest BCUT2D eigenvalue weighted by Gasteiger charge is 2.18. The number of hydrogen-bond donors (Lipinski definition) is 3. The summed E-state index contributed by atoms with van der Waals surface area (Å²) in [7, 11) is 0. The van der Waals surface area contributed by atoms with Gasteiger partial charge in [0.25, 0.3) is 0 Å². The van der Waals surface area contributed by atoms with E-state index >= 15 is 0 Å². The lowest BCUT2D eigenvalue weighted by molar-refractivity contribution is 0.469. The number of phenols is 1. The van der Waals surface area contributed by atoms with Gasteiger partial charge in [-0.15, -0.1) is 0 Å². The van der Waals surface area contributed by atoms with Gasteiger partial charge in [-0.05, 0) is 37.8 Å². The second-order valence-corrected chi connectivity index (χ2v) is 4.87. The highest BCUT2D eigenvalue weighted by molar-refractivity contribution is 5.61. The van der Waals surface area contributed by atoms with E-state index in [1.54, 1.807) is 0 Å². The second kappa shape index (κ2) is 5.05. The predicted molar refractivity (Wildman–Crippen MR) is 73.5 cm³/mol. The molecule has 0 atom stereocenters. The van der Waals surface area contributed by atoms with Crippen LogP contribution < -0.4 is 11.3 Å². The quantitative estimate of drug-likeness (QED) is 0.577. The third-order valence-corrected chi connectivity index (χ3v) is 3.46. The van der Waals surface area contributed by atoms with Crippen LogP contribution in [0.5, 0.6) is 5.75 Å². The van der Waals surface area contributed by atoms with Crippen molar-refractivity contribution in [1.82, 2.24) is 9.97 Å². The van der Waals surface area contributed by atoms with Crippen LogP contribution in [0.25, 0.3) is 11.4 Å². The Kier molecular flexibility index (Phi) is 3.23. The molecular weight excluding hydrogens is 259 g/mol. The molecule has 4 N–H and O–H groups in total. The van der Waals surface area contributed by atoms with Crippen molar-refractivity contribution in [3.63, 3.8) is 0 Å². The summed E-state index contributed by atoms with van der Waals surface area (Å²) in [4.78, 5) is 8.82. The first-order valence-electron chi connectivity index (χ1n) is 6.53. The molecule has 3 rings (SSSR count). The molecule has 0 saturated carbocycles. The van der Waals surface area contributed by atoms with Gasteiger partial charge in [0.05, 0.1) is 0 Å². The Morgan fingerprint density at radius 3 is 2.70 bits per heavy atom. The first-order chi connectivity index (χ1) is 9.67. The van der Waals surface area contributed by atoms with E-state index in [0.717, 1.165) is 43.0 Å². The minimum atomic E-state index is -0.524. The molecular formula is C14H15FN4O. The molecule has 6 heteroatoms. The number of anilines is 1. The molecule has 0 spiro atoms. The number of hydrogen-bond acceptors (Lipinski definition) is 5. The molecule has 2 aromatic rings. The fourth-order valence-electron chi connectivity index (χ4n) is 2.55. The maximum absolute atomic E-state index is 13.4. The van der Waals surface area contributed by atoms with E-state index in [1.807, 2.05) is 0 Å². The van der Waals surface area contributed by atoms with Gasteiger partial charge in [0.1, 0.15) is 17.4 Å². The summed E-state index contributed by atoms with van der Waals surface area (Å²) in [5.41, 5.74) is 5.00. The number of rotatable bonds is 2. The largest absolute Gasteiger partial charge is 0.508 e. The Morgan fingerprint density at radius 2 is 1.95 bits per heavy atom. The molecule has 1 aliphatic rings. The number of benzene rings is 1. The monoisotopic (exact) mass is 274 g/mol. The Balaban J connectivity index is 2.14. The van der Waals surface area contributed by atoms with Gasteiger partial charge in [-0.3, -0.25) is 0 Å². The number of aromatic nitrogens is 2. The number of aryl methyl sites for hydroxylation is 1. The zero-order valence-electron chi connectivity index (χ0n) is 10.9. The third kappa shape index (κ3) is 2.30. The normalized spacial score (nSPS) is 13.9. The zero-order chi connectivity index (χ0) is 14.1. The highest BCUT2D eigenvalue weighted by atomic mass is 19.1. The number of nitrogens with zero attached hydrogens (tertiary/aromatic N) is 2. The summed E-state index contributed by atoms with van der Waals surface area (Å²) < 4.78 is 13.4. The third-order valence-electron chi connectivity index (χ3n) is 3.46. The highest BCUT2D eigenvalue weighted by Crippen LogP contribution is 2.29. The standard InChI is InChI=1S/C14H15FN4O/c15-9-5-8(6-10(20)7-9)13-17-12-4-2-1-3-11(12)14(18-13)19-16/h5-7,20H,1-4,16H2,(H,17,18,19). The molecule has 1 aromatic heterocycles. The number of aromatic hydroxyl groups is 1. The van der Waals surface area contributed by atoms with Gasteiger partial charge in [-0.1, -0.05) is 0 Å². The fraction of sp³-hybridized carbons (Fsp3) is 0.286. The van der Waals surface area contributed by atoms with E-state index in [4.69, 9.17) is 5.84 Å². The molecule has 1 aromatic carbocycles. The van der Waals surface area contributed by atoms with Crippen molar-refractivity contribution in [3.8, 4) is 17.1 Å². The summed E-state index contributed by atoms with van der Waals surface area (Å²) in [5.74, 6) is 5.79. The lowest BCUT2D eigenvalue weighted by atomic mass is 9.96. The average molecular weight is 274 g/mol. The van der Waals surface area contributed by atoms with Crippen molar-refractivity contribution in [1.29, 1.82) is 0 Å². The van der Waals surface area contributed by atoms with Crippen LogP contribution in [0.1, 0.15) is 24.1 Å². The number of nitrogens with two attached hydrogens (primary N) is 1. The molecule has 0 fully saturated rings. The molecule has 104 valence electrons. The minimum Gasteiger partial charge on any atom is -0.508 e. The number of fused-ring (bicyclic) bond motifs is 1. The smallest absolute Gasteiger partial charge is 0.162 e.